The average Bonchev–Trinajstić information content (AvgIpc) is 3.18. The van der Waals surface area contributed by atoms with E-state index < -0.39 is 0 Å². The molecule has 1 amide bonds. The molecule has 1 aromatic heterocycles. The van der Waals surface area contributed by atoms with Gasteiger partial charge in [0.25, 0.3) is 0 Å². The molecule has 2 heterocycles. The summed E-state index contributed by atoms with van der Waals surface area (Å²) in [6, 6.07) is 7.94. The van der Waals surface area contributed by atoms with Crippen LogP contribution in [0.15, 0.2) is 41.3 Å². The van der Waals surface area contributed by atoms with Gasteiger partial charge in [-0.2, -0.15) is 0 Å². The number of primary amides is 1. The molecule has 2 atom stereocenters. The molecule has 0 bridgehead atoms. The van der Waals surface area contributed by atoms with Crippen LogP contribution in [0, 0.1) is 6.92 Å². The number of oxazole rings is 1. The highest BCUT2D eigenvalue weighted by Gasteiger charge is 2.30. The number of nitrogens with one attached hydrogen (secondary N) is 1. The molecule has 0 radical (unpaired) electrons. The quantitative estimate of drug-likeness (QED) is 0.892. The van der Waals surface area contributed by atoms with E-state index in [9.17, 15) is 4.79 Å². The van der Waals surface area contributed by atoms with Gasteiger partial charge in [-0.3, -0.25) is 4.79 Å². The number of nitrogens with zero attached hydrogens (tertiary/aromatic N) is 1. The molecule has 1 aliphatic rings. The molecule has 136 valence electrons. The van der Waals surface area contributed by atoms with Gasteiger partial charge in [0.05, 0.1) is 23.9 Å². The number of hydrogen-bond acceptors (Lipinski definition) is 5. The Morgan fingerprint density at radius 1 is 1.32 bits per heavy atom. The molecule has 1 aliphatic heterocycles. The lowest BCUT2D eigenvalue weighted by atomic mass is 10.1. The van der Waals surface area contributed by atoms with Gasteiger partial charge in [-0.1, -0.05) is 29.8 Å². The van der Waals surface area contributed by atoms with Gasteiger partial charge in [0.2, 0.25) is 5.91 Å². The number of ether oxygens (including phenoxy) is 1. The monoisotopic (exact) mass is 345 g/mol. The van der Waals surface area contributed by atoms with Crippen molar-refractivity contribution >= 4 is 5.91 Å². The number of rotatable bonds is 3. The normalized spacial score (nSPS) is 20.0. The van der Waals surface area contributed by atoms with Gasteiger partial charge >= 0.3 is 0 Å². The lowest BCUT2D eigenvalue weighted by Gasteiger charge is -2.24. The smallest absolute Gasteiger partial charge is 0.234 e. The minimum atomic E-state index is -0.292. The van der Waals surface area contributed by atoms with E-state index in [0.717, 1.165) is 11.3 Å². The standard InChI is InChI=1S/C10H9NO.C9H18N2O2/c1-8-2-4-9(5-3-8)10-6-11-7-12-10;1-9(2,3)13-6-4-7(8(10)12)11-5-6/h2-7H,1H3;6-7,11H,4-5H2,1-3H3,(H2,10,12)/t;6-,7?/m.1/s1. The average molecular weight is 345 g/mol. The molecule has 1 aromatic carbocycles. The summed E-state index contributed by atoms with van der Waals surface area (Å²) in [5.74, 6) is 0.523. The molecule has 1 fully saturated rings. The first-order chi connectivity index (χ1) is 11.7. The largest absolute Gasteiger partial charge is 0.444 e. The zero-order valence-electron chi connectivity index (χ0n) is 15.3. The summed E-state index contributed by atoms with van der Waals surface area (Å²) in [6.07, 6.45) is 3.95. The Kier molecular flexibility index (Phi) is 6.33. The van der Waals surface area contributed by atoms with Crippen molar-refractivity contribution in [3.05, 3.63) is 42.4 Å². The maximum absolute atomic E-state index is 10.8. The molecule has 1 saturated heterocycles. The lowest BCUT2D eigenvalue weighted by molar-refractivity contribution is -0.120. The zero-order valence-corrected chi connectivity index (χ0v) is 15.3. The molecule has 0 spiro atoms. The van der Waals surface area contributed by atoms with Crippen LogP contribution >= 0.6 is 0 Å². The molecule has 25 heavy (non-hydrogen) atoms. The van der Waals surface area contributed by atoms with E-state index in [1.807, 2.05) is 32.9 Å². The van der Waals surface area contributed by atoms with Crippen LogP contribution in [0.4, 0.5) is 0 Å². The summed E-state index contributed by atoms with van der Waals surface area (Å²) in [5.41, 5.74) is 7.33. The van der Waals surface area contributed by atoms with Crippen molar-refractivity contribution in [1.82, 2.24) is 10.3 Å². The maximum atomic E-state index is 10.8. The molecule has 0 saturated carbocycles. The molecule has 1 unspecified atom stereocenters. The van der Waals surface area contributed by atoms with Crippen molar-refractivity contribution in [2.75, 3.05) is 6.54 Å². The first-order valence-corrected chi connectivity index (χ1v) is 8.40. The molecule has 3 N–H and O–H groups in total. The van der Waals surface area contributed by atoms with Crippen LogP contribution in [0.2, 0.25) is 0 Å². The number of carbonyl (C=O) groups is 1. The first kappa shape index (κ1) is 19.1. The molecular formula is C19H27N3O3. The van der Waals surface area contributed by atoms with Gasteiger partial charge in [0.1, 0.15) is 0 Å². The first-order valence-electron chi connectivity index (χ1n) is 8.40. The predicted molar refractivity (Wildman–Crippen MR) is 96.9 cm³/mol. The second kappa shape index (κ2) is 8.27. The van der Waals surface area contributed by atoms with E-state index in [1.54, 1.807) is 6.20 Å². The van der Waals surface area contributed by atoms with Crippen molar-refractivity contribution in [3.63, 3.8) is 0 Å². The van der Waals surface area contributed by atoms with E-state index in [4.69, 9.17) is 14.9 Å². The second-order valence-corrected chi connectivity index (χ2v) is 7.18. The summed E-state index contributed by atoms with van der Waals surface area (Å²) in [7, 11) is 0. The summed E-state index contributed by atoms with van der Waals surface area (Å²) >= 11 is 0. The van der Waals surface area contributed by atoms with Crippen LogP contribution in [0.3, 0.4) is 0 Å². The number of aryl methyl sites for hydroxylation is 1. The third-order valence-electron chi connectivity index (χ3n) is 3.72. The lowest BCUT2D eigenvalue weighted by Crippen LogP contribution is -2.36. The van der Waals surface area contributed by atoms with Crippen molar-refractivity contribution in [2.24, 2.45) is 5.73 Å². The van der Waals surface area contributed by atoms with Gasteiger partial charge in [0.15, 0.2) is 12.2 Å². The van der Waals surface area contributed by atoms with Gasteiger partial charge in [-0.15, -0.1) is 0 Å². The van der Waals surface area contributed by atoms with Crippen molar-refractivity contribution < 1.29 is 13.9 Å². The number of nitrogens with two attached hydrogens (primary N) is 1. The minimum Gasteiger partial charge on any atom is -0.444 e. The van der Waals surface area contributed by atoms with Crippen LogP contribution in [-0.2, 0) is 9.53 Å². The highest BCUT2D eigenvalue weighted by atomic mass is 16.5. The van der Waals surface area contributed by atoms with Gasteiger partial charge < -0.3 is 20.2 Å². The highest BCUT2D eigenvalue weighted by molar-refractivity contribution is 5.80. The SMILES string of the molecule is CC(C)(C)O[C@H]1CNC(C(N)=O)C1.Cc1ccc(-c2cnco2)cc1. The number of amides is 1. The van der Waals surface area contributed by atoms with E-state index in [1.165, 1.54) is 12.0 Å². The van der Waals surface area contributed by atoms with Crippen molar-refractivity contribution in [1.29, 1.82) is 0 Å². The Labute approximate surface area is 148 Å². The Morgan fingerprint density at radius 2 is 2.00 bits per heavy atom. The molecule has 6 heteroatoms. The van der Waals surface area contributed by atoms with E-state index >= 15 is 0 Å². The van der Waals surface area contributed by atoms with Crippen LogP contribution < -0.4 is 11.1 Å². The molecule has 6 nitrogen and oxygen atoms in total. The van der Waals surface area contributed by atoms with E-state index in [0.29, 0.717) is 13.0 Å². The predicted octanol–water partition coefficient (Wildman–Crippen LogP) is 2.67. The number of benzene rings is 1. The molecule has 0 aliphatic carbocycles. The Bertz CT molecular complexity index is 660. The maximum Gasteiger partial charge on any atom is 0.234 e. The highest BCUT2D eigenvalue weighted by Crippen LogP contribution is 2.18. The zero-order chi connectivity index (χ0) is 18.4. The summed E-state index contributed by atoms with van der Waals surface area (Å²) in [5, 5.41) is 3.03. The molecular weight excluding hydrogens is 318 g/mol. The summed E-state index contributed by atoms with van der Waals surface area (Å²) in [6.45, 7) is 8.79. The van der Waals surface area contributed by atoms with Crippen LogP contribution in [0.25, 0.3) is 11.3 Å². The fourth-order valence-corrected chi connectivity index (χ4v) is 2.59. The van der Waals surface area contributed by atoms with Crippen LogP contribution in [-0.4, -0.2) is 35.2 Å². The third-order valence-corrected chi connectivity index (χ3v) is 3.72. The molecule has 2 aromatic rings. The number of carbonyl (C=O) groups excluding carboxylic acids is 1. The second-order valence-electron chi connectivity index (χ2n) is 7.18. The van der Waals surface area contributed by atoms with Gasteiger partial charge in [0, 0.05) is 12.1 Å². The topological polar surface area (TPSA) is 90.4 Å². The Morgan fingerprint density at radius 3 is 2.48 bits per heavy atom. The van der Waals surface area contributed by atoms with E-state index in [-0.39, 0.29) is 23.7 Å². The van der Waals surface area contributed by atoms with Crippen molar-refractivity contribution in [3.8, 4) is 11.3 Å². The van der Waals surface area contributed by atoms with Gasteiger partial charge in [-0.25, -0.2) is 4.98 Å². The Hall–Kier alpha value is -2.18. The van der Waals surface area contributed by atoms with Crippen LogP contribution in [0.5, 0.6) is 0 Å². The van der Waals surface area contributed by atoms with Gasteiger partial charge in [-0.05, 0) is 34.1 Å². The van der Waals surface area contributed by atoms with E-state index in [2.05, 4.69) is 29.4 Å². The van der Waals surface area contributed by atoms with Crippen LogP contribution in [0.1, 0.15) is 32.8 Å². The fourth-order valence-electron chi connectivity index (χ4n) is 2.59. The third kappa shape index (κ3) is 6.32. The molecule has 3 rings (SSSR count). The number of aromatic nitrogens is 1. The number of hydrogen-bond donors (Lipinski definition) is 2. The summed E-state index contributed by atoms with van der Waals surface area (Å²) < 4.78 is 10.9. The Balaban J connectivity index is 0.000000181. The minimum absolute atomic E-state index is 0.109. The van der Waals surface area contributed by atoms with Crippen molar-refractivity contribution in [2.45, 2.75) is 51.9 Å². The summed E-state index contributed by atoms with van der Waals surface area (Å²) in [4.78, 5) is 14.7. The fraction of sp³-hybridized carbons (Fsp3) is 0.474.